The first-order valence-corrected chi connectivity index (χ1v) is 8.54. The van der Waals surface area contributed by atoms with Gasteiger partial charge in [-0.15, -0.1) is 0 Å². The van der Waals surface area contributed by atoms with Crippen molar-refractivity contribution in [2.24, 2.45) is 0 Å². The molecule has 0 radical (unpaired) electrons. The van der Waals surface area contributed by atoms with Gasteiger partial charge in [-0.1, -0.05) is 6.07 Å². The van der Waals surface area contributed by atoms with Gasteiger partial charge in [-0.25, -0.2) is 0 Å². The number of benzene rings is 2. The van der Waals surface area contributed by atoms with Crippen LogP contribution in [0, 0.1) is 0 Å². The maximum Gasteiger partial charge on any atom is 0.204 e. The maximum absolute atomic E-state index is 13.1. The Bertz CT molecular complexity index is 1100. The summed E-state index contributed by atoms with van der Waals surface area (Å²) in [5.41, 5.74) is -0.350. The largest absolute Gasteiger partial charge is 0.496 e. The van der Waals surface area contributed by atoms with Gasteiger partial charge in [0.05, 0.1) is 26.2 Å². The summed E-state index contributed by atoms with van der Waals surface area (Å²) in [6.45, 7) is 1.04. The molecule has 0 spiro atoms. The zero-order chi connectivity index (χ0) is 19.3. The molecule has 2 heterocycles. The first-order valence-electron chi connectivity index (χ1n) is 8.54. The summed E-state index contributed by atoms with van der Waals surface area (Å²) in [5, 5.41) is 20.5. The lowest BCUT2D eigenvalue weighted by molar-refractivity contribution is -0.0729. The molecule has 0 amide bonds. The lowest BCUT2D eigenvalue weighted by atomic mass is 9.95. The van der Waals surface area contributed by atoms with Crippen LogP contribution in [0.3, 0.4) is 0 Å². The van der Waals surface area contributed by atoms with Crippen LogP contribution in [0.15, 0.2) is 33.5 Å². The number of aliphatic hydroxyl groups excluding tert-OH is 1. The Morgan fingerprint density at radius 3 is 2.63 bits per heavy atom. The normalized spacial score (nSPS) is 18.2. The number of fused-ring (bicyclic) bond motifs is 4. The minimum absolute atomic E-state index is 0.234. The van der Waals surface area contributed by atoms with Gasteiger partial charge in [-0.2, -0.15) is 0 Å². The number of hydrogen-bond donors (Lipinski definition) is 2. The fourth-order valence-electron chi connectivity index (χ4n) is 3.47. The molecule has 3 aromatic rings. The molecule has 0 unspecified atom stereocenters. The molecule has 0 aliphatic carbocycles. The van der Waals surface area contributed by atoms with E-state index in [9.17, 15) is 15.0 Å². The number of aliphatic hydroxyl groups is 2. The van der Waals surface area contributed by atoms with Gasteiger partial charge < -0.3 is 28.8 Å². The Kier molecular flexibility index (Phi) is 4.01. The average molecular weight is 372 g/mol. The summed E-state index contributed by atoms with van der Waals surface area (Å²) < 4.78 is 22.7. The van der Waals surface area contributed by atoms with Crippen molar-refractivity contribution in [1.29, 1.82) is 0 Å². The van der Waals surface area contributed by atoms with E-state index in [4.69, 9.17) is 18.6 Å². The Morgan fingerprint density at radius 2 is 1.96 bits per heavy atom. The Hall–Kier alpha value is -2.77. The highest BCUT2D eigenvalue weighted by atomic mass is 16.5. The van der Waals surface area contributed by atoms with Crippen molar-refractivity contribution in [3.8, 4) is 17.2 Å². The van der Waals surface area contributed by atoms with Crippen molar-refractivity contribution in [1.82, 2.24) is 0 Å². The predicted molar refractivity (Wildman–Crippen MR) is 98.9 cm³/mol. The van der Waals surface area contributed by atoms with E-state index >= 15 is 0 Å². The SMILES string of the molecule is COc1cccc2c(=O)c3c(OC)cc4c(c3oc12)C[C@H]([C@](C)(O)CO)O4. The zero-order valence-electron chi connectivity index (χ0n) is 15.2. The predicted octanol–water partition coefficient (Wildman–Crippen LogP) is 2.01. The summed E-state index contributed by atoms with van der Waals surface area (Å²) in [5.74, 6) is 1.22. The van der Waals surface area contributed by atoms with E-state index in [2.05, 4.69) is 0 Å². The summed E-state index contributed by atoms with van der Waals surface area (Å²) in [4.78, 5) is 13.1. The smallest absolute Gasteiger partial charge is 0.204 e. The van der Waals surface area contributed by atoms with Gasteiger partial charge in [0.25, 0.3) is 0 Å². The molecule has 0 fully saturated rings. The first-order chi connectivity index (χ1) is 12.9. The van der Waals surface area contributed by atoms with Gasteiger partial charge in [0, 0.05) is 18.1 Å². The fourth-order valence-corrected chi connectivity index (χ4v) is 3.47. The molecule has 1 aliphatic heterocycles. The van der Waals surface area contributed by atoms with Gasteiger partial charge in [0.1, 0.15) is 34.2 Å². The van der Waals surface area contributed by atoms with Gasteiger partial charge in [-0.05, 0) is 19.1 Å². The Morgan fingerprint density at radius 1 is 1.22 bits per heavy atom. The van der Waals surface area contributed by atoms with Gasteiger partial charge in [-0.3, -0.25) is 4.79 Å². The minimum atomic E-state index is -1.44. The lowest BCUT2D eigenvalue weighted by Gasteiger charge is -2.26. The van der Waals surface area contributed by atoms with Crippen LogP contribution in [0.5, 0.6) is 17.2 Å². The second kappa shape index (κ2) is 6.14. The van der Waals surface area contributed by atoms with E-state index < -0.39 is 18.3 Å². The van der Waals surface area contributed by atoms with Gasteiger partial charge in [0.15, 0.2) is 11.3 Å². The molecule has 142 valence electrons. The lowest BCUT2D eigenvalue weighted by Crippen LogP contribution is -2.45. The maximum atomic E-state index is 13.1. The third kappa shape index (κ3) is 2.54. The molecular formula is C20H20O7. The standard InChI is InChI=1S/C20H20O7/c1-20(23,9-21)15-7-11-13(26-15)8-14(25-3)16-17(22)10-5-4-6-12(24-2)18(10)27-19(11)16/h4-6,8,15,21,23H,7,9H2,1-3H3/t15-,20-/m1/s1. The first kappa shape index (κ1) is 17.6. The highest BCUT2D eigenvalue weighted by molar-refractivity contribution is 5.97. The molecule has 2 N–H and O–H groups in total. The molecule has 0 saturated heterocycles. The van der Waals surface area contributed by atoms with Crippen LogP contribution in [0.4, 0.5) is 0 Å². The molecule has 1 aliphatic rings. The van der Waals surface area contributed by atoms with E-state index in [1.165, 1.54) is 21.1 Å². The quantitative estimate of drug-likeness (QED) is 0.676. The monoisotopic (exact) mass is 372 g/mol. The van der Waals surface area contributed by atoms with Gasteiger partial charge >= 0.3 is 0 Å². The number of ether oxygens (including phenoxy) is 3. The van der Waals surface area contributed by atoms with Gasteiger partial charge in [0.2, 0.25) is 5.43 Å². The number of rotatable bonds is 4. The topological polar surface area (TPSA) is 98.4 Å². The summed E-state index contributed by atoms with van der Waals surface area (Å²) in [7, 11) is 2.97. The second-order valence-corrected chi connectivity index (χ2v) is 6.85. The zero-order valence-corrected chi connectivity index (χ0v) is 15.2. The van der Waals surface area contributed by atoms with Crippen LogP contribution < -0.4 is 19.6 Å². The number of methoxy groups -OCH3 is 2. The molecule has 0 bridgehead atoms. The molecule has 0 saturated carbocycles. The summed E-state index contributed by atoms with van der Waals surface area (Å²) in [6, 6.07) is 6.73. The molecule has 27 heavy (non-hydrogen) atoms. The molecule has 2 atom stereocenters. The van der Waals surface area contributed by atoms with E-state index in [0.29, 0.717) is 44.8 Å². The molecule has 4 rings (SSSR count). The van der Waals surface area contributed by atoms with Crippen molar-refractivity contribution in [3.63, 3.8) is 0 Å². The van der Waals surface area contributed by atoms with Crippen molar-refractivity contribution in [2.75, 3.05) is 20.8 Å². The summed E-state index contributed by atoms with van der Waals surface area (Å²) in [6.07, 6.45) is -0.390. The van der Waals surface area contributed by atoms with Crippen LogP contribution in [-0.2, 0) is 6.42 Å². The van der Waals surface area contributed by atoms with Crippen LogP contribution in [0.2, 0.25) is 0 Å². The third-order valence-corrected chi connectivity index (χ3v) is 5.07. The third-order valence-electron chi connectivity index (χ3n) is 5.07. The van der Waals surface area contributed by atoms with Crippen molar-refractivity contribution in [3.05, 3.63) is 40.1 Å². The second-order valence-electron chi connectivity index (χ2n) is 6.85. The molecular weight excluding hydrogens is 352 g/mol. The molecule has 2 aromatic carbocycles. The van der Waals surface area contributed by atoms with Crippen LogP contribution in [-0.4, -0.2) is 42.7 Å². The van der Waals surface area contributed by atoms with Crippen molar-refractivity contribution >= 4 is 21.9 Å². The molecule has 7 heteroatoms. The Labute approximate surface area is 154 Å². The van der Waals surface area contributed by atoms with E-state index in [0.717, 1.165) is 0 Å². The minimum Gasteiger partial charge on any atom is -0.496 e. The van der Waals surface area contributed by atoms with Crippen LogP contribution in [0.1, 0.15) is 12.5 Å². The number of hydrogen-bond acceptors (Lipinski definition) is 7. The Balaban J connectivity index is 2.06. The van der Waals surface area contributed by atoms with E-state index in [-0.39, 0.29) is 11.8 Å². The molecule has 1 aromatic heterocycles. The molecule has 7 nitrogen and oxygen atoms in total. The fraction of sp³-hybridized carbons (Fsp3) is 0.350. The highest BCUT2D eigenvalue weighted by Gasteiger charge is 2.40. The van der Waals surface area contributed by atoms with E-state index in [1.54, 1.807) is 24.3 Å². The van der Waals surface area contributed by atoms with Crippen LogP contribution >= 0.6 is 0 Å². The van der Waals surface area contributed by atoms with E-state index in [1.807, 2.05) is 0 Å². The average Bonchev–Trinajstić information content (AvgIpc) is 3.12. The number of para-hydroxylation sites is 1. The van der Waals surface area contributed by atoms with Crippen molar-refractivity contribution in [2.45, 2.75) is 25.0 Å². The summed E-state index contributed by atoms with van der Waals surface area (Å²) >= 11 is 0. The highest BCUT2D eigenvalue weighted by Crippen LogP contribution is 2.43. The van der Waals surface area contributed by atoms with Crippen molar-refractivity contribution < 1.29 is 28.8 Å². The van der Waals surface area contributed by atoms with Crippen LogP contribution in [0.25, 0.3) is 21.9 Å².